The fourth-order valence-electron chi connectivity index (χ4n) is 7.84. The molecule has 6 aliphatic heterocycles. The minimum Gasteiger partial charge on any atom is -0.450 e. The Balaban J connectivity index is 1.08. The molecule has 0 aromatic rings. The van der Waals surface area contributed by atoms with Crippen LogP contribution in [0.2, 0.25) is 0 Å². The van der Waals surface area contributed by atoms with Gasteiger partial charge >= 0.3 is 0 Å². The third-order valence-electron chi connectivity index (χ3n) is 11.2. The van der Waals surface area contributed by atoms with Crippen molar-refractivity contribution in [2.45, 2.75) is 160 Å². The number of hydrogen-bond donors (Lipinski definition) is 15. The van der Waals surface area contributed by atoms with Gasteiger partial charge in [0.1, 0.15) is 97.6 Å². The molecule has 5 saturated heterocycles. The minimum absolute atomic E-state index is 0.252. The van der Waals surface area contributed by atoms with Crippen molar-refractivity contribution in [2.24, 2.45) is 27.9 Å². The highest BCUT2D eigenvalue weighted by Gasteiger charge is 2.56. The minimum atomic E-state index is -1.72. The maximum atomic E-state index is 11.3. The number of fused-ring (bicyclic) bond motifs is 1. The first kappa shape index (κ1) is 46.0. The summed E-state index contributed by atoms with van der Waals surface area (Å²) in [5.74, 6) is 0.252. The average Bonchev–Trinajstić information content (AvgIpc) is 3.60. The molecule has 25 atom stereocenters. The molecule has 0 aromatic heterocycles. The lowest BCUT2D eigenvalue weighted by Gasteiger charge is -2.50. The van der Waals surface area contributed by atoms with E-state index in [1.165, 1.54) is 0 Å². The number of nitrogens with zero attached hydrogens (tertiary/aromatic N) is 1. The summed E-state index contributed by atoms with van der Waals surface area (Å²) in [5, 5.41) is 115. The number of nitrogens with two attached hydrogens (primary N) is 4. The monoisotopic (exact) mass is 847 g/mol. The largest absolute Gasteiger partial charge is 0.450 e. The fraction of sp³-hybridized carbons (Fsp3) is 0.969. The number of rotatable bonds is 13. The van der Waals surface area contributed by atoms with Gasteiger partial charge in [0, 0.05) is 6.92 Å². The molecule has 336 valence electrons. The first-order valence-corrected chi connectivity index (χ1v) is 18.8. The molecular formula is C32H57N5O21. The quantitative estimate of drug-likeness (QED) is 0.0818. The highest BCUT2D eigenvalue weighted by atomic mass is 16.8. The van der Waals surface area contributed by atoms with Crippen molar-refractivity contribution >= 4 is 5.90 Å². The molecule has 1 unspecified atom stereocenters. The Morgan fingerprint density at radius 2 is 0.759 bits per heavy atom. The number of aliphatic hydroxyl groups excluding tert-OH is 11. The Hall–Kier alpha value is -1.49. The van der Waals surface area contributed by atoms with Gasteiger partial charge in [0.25, 0.3) is 0 Å². The van der Waals surface area contributed by atoms with Gasteiger partial charge in [-0.3, -0.25) is 0 Å². The summed E-state index contributed by atoms with van der Waals surface area (Å²) in [5.41, 5.74) is 24.8. The molecule has 0 saturated carbocycles. The van der Waals surface area contributed by atoms with Crippen LogP contribution in [-0.4, -0.2) is 248 Å². The molecule has 6 rings (SSSR count). The van der Waals surface area contributed by atoms with Gasteiger partial charge in [0.15, 0.2) is 31.1 Å². The van der Waals surface area contributed by atoms with Crippen LogP contribution in [0.5, 0.6) is 0 Å². The maximum absolute atomic E-state index is 11.3. The number of aliphatic imine (C=N–C) groups is 1. The van der Waals surface area contributed by atoms with Crippen molar-refractivity contribution < 1.29 is 104 Å². The van der Waals surface area contributed by atoms with Gasteiger partial charge < -0.3 is 126 Å². The van der Waals surface area contributed by atoms with E-state index in [4.69, 9.17) is 70.3 Å². The second kappa shape index (κ2) is 19.3. The summed E-state index contributed by atoms with van der Waals surface area (Å²) in [6.45, 7) is -2.13. The summed E-state index contributed by atoms with van der Waals surface area (Å²) in [4.78, 5) is 4.19. The van der Waals surface area contributed by atoms with Gasteiger partial charge in [-0.25, -0.2) is 4.99 Å². The predicted octanol–water partition coefficient (Wildman–Crippen LogP) is -10.6. The molecule has 6 aliphatic rings. The lowest BCUT2D eigenvalue weighted by Crippen LogP contribution is -2.70. The van der Waals surface area contributed by atoms with E-state index in [1.54, 1.807) is 6.92 Å². The summed E-state index contributed by atoms with van der Waals surface area (Å²) >= 11 is 0. The Bertz CT molecular complexity index is 1360. The van der Waals surface area contributed by atoms with E-state index < -0.39 is 186 Å². The number of ether oxygens (including phenoxy) is 10. The molecule has 19 N–H and O–H groups in total. The zero-order chi connectivity index (χ0) is 42.3. The smallest absolute Gasteiger partial charge is 0.227 e. The Morgan fingerprint density at radius 1 is 0.448 bits per heavy atom. The van der Waals surface area contributed by atoms with Crippen LogP contribution < -0.4 is 22.9 Å². The van der Waals surface area contributed by atoms with Gasteiger partial charge in [0.2, 0.25) is 6.29 Å². The van der Waals surface area contributed by atoms with E-state index in [0.29, 0.717) is 0 Å². The van der Waals surface area contributed by atoms with E-state index in [2.05, 4.69) is 4.99 Å². The Labute approximate surface area is 330 Å². The predicted molar refractivity (Wildman–Crippen MR) is 184 cm³/mol. The first-order chi connectivity index (χ1) is 27.6. The highest BCUT2D eigenvalue weighted by molar-refractivity contribution is 5.75. The van der Waals surface area contributed by atoms with Crippen LogP contribution in [0.15, 0.2) is 4.99 Å². The molecule has 0 spiro atoms. The highest BCUT2D eigenvalue weighted by Crippen LogP contribution is 2.36. The average molecular weight is 848 g/mol. The van der Waals surface area contributed by atoms with Crippen LogP contribution >= 0.6 is 0 Å². The number of aliphatic hydroxyl groups is 11. The maximum Gasteiger partial charge on any atom is 0.227 e. The van der Waals surface area contributed by atoms with Crippen LogP contribution in [0.25, 0.3) is 0 Å². The number of hydrogen-bond acceptors (Lipinski definition) is 26. The molecule has 0 aromatic carbocycles. The van der Waals surface area contributed by atoms with E-state index in [-0.39, 0.29) is 5.90 Å². The summed E-state index contributed by atoms with van der Waals surface area (Å²) in [6, 6.07) is -6.62. The van der Waals surface area contributed by atoms with Crippen molar-refractivity contribution in [3.8, 4) is 0 Å². The fourth-order valence-corrected chi connectivity index (χ4v) is 7.84. The van der Waals surface area contributed by atoms with Gasteiger partial charge in [-0.15, -0.1) is 0 Å². The van der Waals surface area contributed by atoms with E-state index in [0.717, 1.165) is 0 Å². The molecule has 0 aliphatic carbocycles. The molecular weight excluding hydrogens is 790 g/mol. The van der Waals surface area contributed by atoms with Crippen LogP contribution in [-0.2, 0) is 47.4 Å². The molecule has 0 bridgehead atoms. The zero-order valence-corrected chi connectivity index (χ0v) is 31.2. The molecule has 6 heterocycles. The van der Waals surface area contributed by atoms with Crippen LogP contribution in [0.4, 0.5) is 0 Å². The standard InChI is InChI=1S/C32H57N5O21/c1-7-37-17-23(48)27(12(6-42)54-32(17)49-7)58-31-16(36)22(47)26(11(5-41)53-31)57-30-15(35)21(46)25(10(4-40)52-30)56-29-14(34)20(45)24(9(3-39)51-29)55-28-13(33)19(44)18(43)8(2-38)50-28/h8-32,38-48H,2-6,33-36H2,1H3/t8-,9-,10-,11-,12-,13-,14-,15-,16-,17-,18-,19-,20-,21-,22-,23-,24-,25-,26-,27-,28+,29+,30+,31+,32?/m1/s1. The van der Waals surface area contributed by atoms with Crippen molar-refractivity contribution in [2.75, 3.05) is 33.0 Å². The van der Waals surface area contributed by atoms with Crippen molar-refractivity contribution in [3.05, 3.63) is 0 Å². The van der Waals surface area contributed by atoms with Crippen molar-refractivity contribution in [1.29, 1.82) is 0 Å². The second-order valence-electron chi connectivity index (χ2n) is 15.0. The topological polar surface area (TPSA) is 431 Å². The third kappa shape index (κ3) is 8.89. The summed E-state index contributed by atoms with van der Waals surface area (Å²) < 4.78 is 57.6. The third-order valence-corrected chi connectivity index (χ3v) is 11.2. The lowest BCUT2D eigenvalue weighted by molar-refractivity contribution is -0.363. The first-order valence-electron chi connectivity index (χ1n) is 18.8. The van der Waals surface area contributed by atoms with Crippen LogP contribution in [0, 0.1) is 0 Å². The van der Waals surface area contributed by atoms with Crippen molar-refractivity contribution in [3.63, 3.8) is 0 Å². The molecule has 5 fully saturated rings. The molecule has 26 heteroatoms. The Kier molecular flexibility index (Phi) is 15.3. The SMILES string of the molecule is CC1=N[C@H]2C(O1)O[C@H](CO)[C@@H](O[C@@H]1O[C@H](CO)[C@@H](O[C@@H]3O[C@H](CO)[C@@H](O[C@@H]4O[C@H](CO)[C@@H](O[C@@H]5O[C@H](CO)[C@@H](O)[C@H](O)[C@H]5N)[C@H](O)[C@H]4N)[C@H](O)[C@H]3N)[C@H](O)[C@H]1N)[C@@H]2O. The lowest BCUT2D eigenvalue weighted by atomic mass is 9.94. The second-order valence-corrected chi connectivity index (χ2v) is 15.0. The molecule has 58 heavy (non-hydrogen) atoms. The van der Waals surface area contributed by atoms with Gasteiger partial charge in [-0.1, -0.05) is 0 Å². The Morgan fingerprint density at radius 3 is 1.12 bits per heavy atom. The van der Waals surface area contributed by atoms with Crippen molar-refractivity contribution in [1.82, 2.24) is 0 Å². The molecule has 26 nitrogen and oxygen atoms in total. The summed E-state index contributed by atoms with van der Waals surface area (Å²) in [6.07, 6.45) is -29.0. The summed E-state index contributed by atoms with van der Waals surface area (Å²) in [7, 11) is 0. The van der Waals surface area contributed by atoms with Crippen LogP contribution in [0.3, 0.4) is 0 Å². The molecule has 0 radical (unpaired) electrons. The van der Waals surface area contributed by atoms with E-state index in [9.17, 15) is 56.2 Å². The zero-order valence-electron chi connectivity index (χ0n) is 31.2. The van der Waals surface area contributed by atoms with Gasteiger partial charge in [0.05, 0.1) is 57.2 Å². The van der Waals surface area contributed by atoms with E-state index >= 15 is 0 Å². The molecule has 0 amide bonds. The van der Waals surface area contributed by atoms with E-state index in [1.807, 2.05) is 0 Å². The normalized spacial score (nSPS) is 52.5. The van der Waals surface area contributed by atoms with Gasteiger partial charge in [-0.05, 0) is 0 Å². The van der Waals surface area contributed by atoms with Gasteiger partial charge in [-0.2, -0.15) is 0 Å². The van der Waals surface area contributed by atoms with Crippen LogP contribution in [0.1, 0.15) is 6.92 Å².